The molecule has 0 radical (unpaired) electrons. The van der Waals surface area contributed by atoms with E-state index >= 15 is 0 Å². The average molecular weight is 330 g/mol. The van der Waals surface area contributed by atoms with E-state index in [1.54, 1.807) is 19.1 Å². The van der Waals surface area contributed by atoms with Crippen molar-refractivity contribution in [1.82, 2.24) is 16.0 Å². The van der Waals surface area contributed by atoms with Crippen LogP contribution in [0.1, 0.15) is 40.6 Å². The fourth-order valence-electron chi connectivity index (χ4n) is 2.28. The van der Waals surface area contributed by atoms with Crippen LogP contribution in [0.15, 0.2) is 28.8 Å². The SMILES string of the molecule is CC[C@H](NNC(=O)c1ccc(C)cc1C)C(=O)Nc1cc(C)on1. The predicted molar refractivity (Wildman–Crippen MR) is 90.5 cm³/mol. The van der Waals surface area contributed by atoms with Gasteiger partial charge in [0.2, 0.25) is 5.91 Å². The van der Waals surface area contributed by atoms with E-state index in [2.05, 4.69) is 21.3 Å². The van der Waals surface area contributed by atoms with Crippen LogP contribution in [-0.2, 0) is 4.79 Å². The lowest BCUT2D eigenvalue weighted by molar-refractivity contribution is -0.118. The molecule has 1 heterocycles. The Morgan fingerprint density at radius 1 is 1.21 bits per heavy atom. The third-order valence-corrected chi connectivity index (χ3v) is 3.59. The van der Waals surface area contributed by atoms with Crippen LogP contribution in [0.2, 0.25) is 0 Å². The first-order valence-corrected chi connectivity index (χ1v) is 7.78. The third kappa shape index (κ3) is 4.42. The Morgan fingerprint density at radius 3 is 2.54 bits per heavy atom. The molecule has 0 saturated heterocycles. The Labute approximate surface area is 140 Å². The summed E-state index contributed by atoms with van der Waals surface area (Å²) in [4.78, 5) is 24.5. The van der Waals surface area contributed by atoms with Crippen molar-refractivity contribution in [2.75, 3.05) is 5.32 Å². The highest BCUT2D eigenvalue weighted by atomic mass is 16.5. The molecule has 2 aromatic rings. The lowest BCUT2D eigenvalue weighted by Gasteiger charge is -2.17. The van der Waals surface area contributed by atoms with Gasteiger partial charge in [0.05, 0.1) is 0 Å². The summed E-state index contributed by atoms with van der Waals surface area (Å²) in [5.41, 5.74) is 7.89. The number of amides is 2. The van der Waals surface area contributed by atoms with Crippen molar-refractivity contribution >= 4 is 17.6 Å². The van der Waals surface area contributed by atoms with Gasteiger partial charge in [0.1, 0.15) is 11.8 Å². The molecule has 0 spiro atoms. The van der Waals surface area contributed by atoms with Crippen LogP contribution in [0.25, 0.3) is 0 Å². The van der Waals surface area contributed by atoms with Crippen LogP contribution in [0.3, 0.4) is 0 Å². The van der Waals surface area contributed by atoms with Gasteiger partial charge in [0, 0.05) is 11.6 Å². The second-order valence-corrected chi connectivity index (χ2v) is 5.69. The van der Waals surface area contributed by atoms with Gasteiger partial charge in [-0.25, -0.2) is 5.43 Å². The topological polar surface area (TPSA) is 96.3 Å². The summed E-state index contributed by atoms with van der Waals surface area (Å²) < 4.78 is 4.90. The van der Waals surface area contributed by atoms with Gasteiger partial charge in [-0.3, -0.25) is 15.0 Å². The van der Waals surface area contributed by atoms with Crippen molar-refractivity contribution in [2.24, 2.45) is 0 Å². The fraction of sp³-hybridized carbons (Fsp3) is 0.353. The second kappa shape index (κ2) is 7.74. The van der Waals surface area contributed by atoms with Crippen LogP contribution in [0, 0.1) is 20.8 Å². The smallest absolute Gasteiger partial charge is 0.265 e. The van der Waals surface area contributed by atoms with Gasteiger partial charge in [0.15, 0.2) is 5.82 Å². The minimum absolute atomic E-state index is 0.281. The number of aromatic nitrogens is 1. The van der Waals surface area contributed by atoms with Crippen molar-refractivity contribution in [3.63, 3.8) is 0 Å². The molecule has 0 aliphatic heterocycles. The van der Waals surface area contributed by atoms with Gasteiger partial charge in [-0.1, -0.05) is 29.8 Å². The highest BCUT2D eigenvalue weighted by molar-refractivity contribution is 5.97. The zero-order chi connectivity index (χ0) is 17.7. The zero-order valence-corrected chi connectivity index (χ0v) is 14.3. The maximum absolute atomic E-state index is 12.2. The van der Waals surface area contributed by atoms with Gasteiger partial charge in [-0.05, 0) is 38.8 Å². The van der Waals surface area contributed by atoms with E-state index in [9.17, 15) is 9.59 Å². The largest absolute Gasteiger partial charge is 0.360 e. The average Bonchev–Trinajstić information content (AvgIpc) is 2.92. The third-order valence-electron chi connectivity index (χ3n) is 3.59. The first-order valence-electron chi connectivity index (χ1n) is 7.78. The molecule has 0 fully saturated rings. The number of hydrazine groups is 1. The van der Waals surface area contributed by atoms with E-state index in [1.807, 2.05) is 32.9 Å². The molecule has 7 nitrogen and oxygen atoms in total. The first kappa shape index (κ1) is 17.7. The molecule has 0 aliphatic carbocycles. The quantitative estimate of drug-likeness (QED) is 0.706. The van der Waals surface area contributed by atoms with Gasteiger partial charge in [-0.15, -0.1) is 0 Å². The number of nitrogens with one attached hydrogen (secondary N) is 3. The maximum Gasteiger partial charge on any atom is 0.265 e. The Morgan fingerprint density at radius 2 is 1.96 bits per heavy atom. The molecule has 128 valence electrons. The highest BCUT2D eigenvalue weighted by Gasteiger charge is 2.19. The summed E-state index contributed by atoms with van der Waals surface area (Å²) in [6.07, 6.45) is 0.496. The van der Waals surface area contributed by atoms with Gasteiger partial charge < -0.3 is 9.84 Å². The summed E-state index contributed by atoms with van der Waals surface area (Å²) in [5.74, 6) is 0.371. The van der Waals surface area contributed by atoms with Gasteiger partial charge in [0.25, 0.3) is 5.91 Å². The van der Waals surface area contributed by atoms with Gasteiger partial charge >= 0.3 is 0 Å². The van der Waals surface area contributed by atoms with Crippen molar-refractivity contribution in [1.29, 1.82) is 0 Å². The molecule has 1 aromatic carbocycles. The van der Waals surface area contributed by atoms with E-state index in [1.165, 1.54) is 0 Å². The lowest BCUT2D eigenvalue weighted by atomic mass is 10.1. The summed E-state index contributed by atoms with van der Waals surface area (Å²) in [7, 11) is 0. The van der Waals surface area contributed by atoms with E-state index < -0.39 is 6.04 Å². The van der Waals surface area contributed by atoms with E-state index in [0.29, 0.717) is 23.6 Å². The van der Waals surface area contributed by atoms with Crippen molar-refractivity contribution in [3.8, 4) is 0 Å². The Bertz CT molecular complexity index is 739. The molecule has 0 bridgehead atoms. The maximum atomic E-state index is 12.2. The van der Waals surface area contributed by atoms with E-state index in [4.69, 9.17) is 4.52 Å². The van der Waals surface area contributed by atoms with Crippen molar-refractivity contribution in [2.45, 2.75) is 40.2 Å². The second-order valence-electron chi connectivity index (χ2n) is 5.69. The fourth-order valence-corrected chi connectivity index (χ4v) is 2.28. The Kier molecular flexibility index (Phi) is 5.70. The minimum Gasteiger partial charge on any atom is -0.360 e. The lowest BCUT2D eigenvalue weighted by Crippen LogP contribution is -2.49. The zero-order valence-electron chi connectivity index (χ0n) is 14.3. The van der Waals surface area contributed by atoms with Crippen LogP contribution >= 0.6 is 0 Å². The van der Waals surface area contributed by atoms with Crippen LogP contribution in [0.5, 0.6) is 0 Å². The predicted octanol–water partition coefficient (Wildman–Crippen LogP) is 2.25. The van der Waals surface area contributed by atoms with Crippen LogP contribution in [0.4, 0.5) is 5.82 Å². The number of nitrogens with zero attached hydrogens (tertiary/aromatic N) is 1. The Balaban J connectivity index is 1.94. The number of benzene rings is 1. The summed E-state index contributed by atoms with van der Waals surface area (Å²) in [5, 5.41) is 6.35. The number of aryl methyl sites for hydroxylation is 3. The van der Waals surface area contributed by atoms with Crippen molar-refractivity contribution in [3.05, 3.63) is 46.7 Å². The van der Waals surface area contributed by atoms with E-state index in [-0.39, 0.29) is 11.8 Å². The highest BCUT2D eigenvalue weighted by Crippen LogP contribution is 2.10. The number of hydrogen-bond acceptors (Lipinski definition) is 5. The summed E-state index contributed by atoms with van der Waals surface area (Å²) in [6, 6.07) is 6.61. The molecular formula is C17H22N4O3. The molecule has 0 aliphatic rings. The number of carbonyl (C=O) groups excluding carboxylic acids is 2. The molecule has 2 rings (SSSR count). The number of carbonyl (C=O) groups is 2. The summed E-state index contributed by atoms with van der Waals surface area (Å²) in [6.45, 7) is 7.42. The van der Waals surface area contributed by atoms with Crippen molar-refractivity contribution < 1.29 is 14.1 Å². The molecule has 2 amide bonds. The molecule has 0 unspecified atom stereocenters. The number of rotatable bonds is 6. The molecule has 7 heteroatoms. The monoisotopic (exact) mass is 330 g/mol. The van der Waals surface area contributed by atoms with E-state index in [0.717, 1.165) is 11.1 Å². The summed E-state index contributed by atoms with van der Waals surface area (Å²) >= 11 is 0. The molecular weight excluding hydrogens is 308 g/mol. The molecule has 24 heavy (non-hydrogen) atoms. The van der Waals surface area contributed by atoms with Gasteiger partial charge in [-0.2, -0.15) is 0 Å². The standard InChI is InChI=1S/C17H22N4O3/c1-5-14(17(23)18-15-9-12(4)24-21-15)19-20-16(22)13-7-6-10(2)8-11(13)3/h6-9,14,19H,5H2,1-4H3,(H,20,22)(H,18,21,23)/t14-/m0/s1. The Hall–Kier alpha value is -2.67. The van der Waals surface area contributed by atoms with Crippen LogP contribution in [-0.4, -0.2) is 23.0 Å². The van der Waals surface area contributed by atoms with Crippen LogP contribution < -0.4 is 16.2 Å². The molecule has 3 N–H and O–H groups in total. The minimum atomic E-state index is -0.586. The molecule has 0 saturated carbocycles. The number of hydrogen-bond donors (Lipinski definition) is 3. The number of anilines is 1. The molecule has 1 aromatic heterocycles. The normalized spacial score (nSPS) is 11.8. The molecule has 1 atom stereocenters. The first-order chi connectivity index (χ1) is 11.4.